The fourth-order valence-electron chi connectivity index (χ4n) is 2.66. The van der Waals surface area contributed by atoms with Gasteiger partial charge in [-0.1, -0.05) is 57.6 Å². The predicted octanol–water partition coefficient (Wildman–Crippen LogP) is 5.15. The summed E-state index contributed by atoms with van der Waals surface area (Å²) in [5.74, 6) is 0. The van der Waals surface area contributed by atoms with E-state index in [1.54, 1.807) is 18.3 Å². The number of anilines is 2. The molecule has 0 aliphatic heterocycles. The molecular weight excluding hydrogens is 410 g/mol. The van der Waals surface area contributed by atoms with Crippen molar-refractivity contribution in [3.63, 3.8) is 0 Å². The highest BCUT2D eigenvalue weighted by molar-refractivity contribution is 9.10. The van der Waals surface area contributed by atoms with Crippen molar-refractivity contribution in [3.8, 4) is 0 Å². The Hall–Kier alpha value is -2.57. The number of fused-ring (bicyclic) bond motifs is 1. The van der Waals surface area contributed by atoms with Gasteiger partial charge in [-0.3, -0.25) is 4.79 Å². The first-order chi connectivity index (χ1) is 12.7. The van der Waals surface area contributed by atoms with E-state index in [1.165, 1.54) is 11.3 Å². The molecule has 0 amide bonds. The molecule has 6 heteroatoms. The zero-order chi connectivity index (χ0) is 17.9. The normalized spacial score (nSPS) is 10.8. The number of hydrogen-bond acceptors (Lipinski definition) is 5. The number of rotatable bonds is 4. The highest BCUT2D eigenvalue weighted by Gasteiger charge is 2.15. The lowest BCUT2D eigenvalue weighted by Crippen LogP contribution is -2.20. The molecule has 0 saturated carbocycles. The largest absolute Gasteiger partial charge is 0.313 e. The van der Waals surface area contributed by atoms with E-state index in [4.69, 9.17) is 0 Å². The molecule has 0 bridgehead atoms. The third-order valence-corrected chi connectivity index (χ3v) is 5.48. The molecule has 2 aromatic carbocycles. The van der Waals surface area contributed by atoms with Crippen LogP contribution in [0.15, 0.2) is 82.2 Å². The second-order valence-electron chi connectivity index (χ2n) is 5.71. The molecule has 4 nitrogen and oxygen atoms in total. The van der Waals surface area contributed by atoms with Crippen molar-refractivity contribution in [3.05, 3.63) is 93.3 Å². The Morgan fingerprint density at radius 1 is 0.962 bits per heavy atom. The van der Waals surface area contributed by atoms with Gasteiger partial charge in [-0.05, 0) is 42.0 Å². The number of hydrogen-bond donors (Lipinski definition) is 0. The van der Waals surface area contributed by atoms with Crippen molar-refractivity contribution in [2.75, 3.05) is 4.90 Å². The summed E-state index contributed by atoms with van der Waals surface area (Å²) in [5.41, 5.74) is 1.85. The Morgan fingerprint density at radius 2 is 1.73 bits per heavy atom. The van der Waals surface area contributed by atoms with E-state index in [-0.39, 0.29) is 5.56 Å². The molecule has 0 atom stereocenters. The number of benzene rings is 2. The van der Waals surface area contributed by atoms with Crippen LogP contribution in [0.3, 0.4) is 0 Å². The lowest BCUT2D eigenvalue weighted by molar-refractivity contribution is 0.959. The van der Waals surface area contributed by atoms with Crippen LogP contribution in [-0.4, -0.2) is 9.97 Å². The van der Waals surface area contributed by atoms with Crippen LogP contribution in [0.1, 0.15) is 5.56 Å². The van der Waals surface area contributed by atoms with Gasteiger partial charge in [-0.15, -0.1) is 0 Å². The van der Waals surface area contributed by atoms with E-state index in [9.17, 15) is 4.79 Å². The van der Waals surface area contributed by atoms with E-state index in [2.05, 4.69) is 38.0 Å². The molecule has 0 aliphatic rings. The first-order valence-electron chi connectivity index (χ1n) is 8.03. The van der Waals surface area contributed by atoms with Gasteiger partial charge >= 0.3 is 0 Å². The molecule has 0 aliphatic carbocycles. The van der Waals surface area contributed by atoms with E-state index < -0.39 is 0 Å². The van der Waals surface area contributed by atoms with Gasteiger partial charge < -0.3 is 4.90 Å². The summed E-state index contributed by atoms with van der Waals surface area (Å²) in [7, 11) is 0. The van der Waals surface area contributed by atoms with Gasteiger partial charge in [0, 0.05) is 16.4 Å². The van der Waals surface area contributed by atoms with E-state index in [0.717, 1.165) is 15.7 Å². The third kappa shape index (κ3) is 3.52. The molecule has 0 fully saturated rings. The summed E-state index contributed by atoms with van der Waals surface area (Å²) in [6, 6.07) is 21.6. The molecule has 0 saturated heterocycles. The molecule has 128 valence electrons. The summed E-state index contributed by atoms with van der Waals surface area (Å²) >= 11 is 4.89. The summed E-state index contributed by atoms with van der Waals surface area (Å²) in [6.07, 6.45) is 1.70. The molecule has 26 heavy (non-hydrogen) atoms. The Balaban J connectivity index is 1.84. The molecule has 2 heterocycles. The fourth-order valence-corrected chi connectivity index (χ4v) is 3.89. The van der Waals surface area contributed by atoms with Gasteiger partial charge in [-0.2, -0.15) is 4.98 Å². The minimum absolute atomic E-state index is 0.253. The highest BCUT2D eigenvalue weighted by Crippen LogP contribution is 2.31. The Kier molecular flexibility index (Phi) is 4.77. The van der Waals surface area contributed by atoms with Crippen LogP contribution in [0, 0.1) is 0 Å². The molecule has 0 unspecified atom stereocenters. The van der Waals surface area contributed by atoms with Crippen molar-refractivity contribution in [1.82, 2.24) is 9.97 Å². The zero-order valence-electron chi connectivity index (χ0n) is 13.7. The van der Waals surface area contributed by atoms with Gasteiger partial charge in [0.2, 0.25) is 0 Å². The lowest BCUT2D eigenvalue weighted by Gasteiger charge is -2.23. The lowest BCUT2D eigenvalue weighted by atomic mass is 10.2. The molecule has 4 rings (SSSR count). The fraction of sp³-hybridized carbons (Fsp3) is 0.0500. The van der Waals surface area contributed by atoms with E-state index >= 15 is 0 Å². The van der Waals surface area contributed by atoms with Crippen molar-refractivity contribution in [2.24, 2.45) is 0 Å². The third-order valence-electron chi connectivity index (χ3n) is 3.94. The van der Waals surface area contributed by atoms with E-state index in [0.29, 0.717) is 21.9 Å². The molecule has 0 spiro atoms. The Morgan fingerprint density at radius 3 is 2.50 bits per heavy atom. The van der Waals surface area contributed by atoms with E-state index in [1.807, 2.05) is 47.4 Å². The Labute approximate surface area is 162 Å². The quantitative estimate of drug-likeness (QED) is 0.455. The minimum Gasteiger partial charge on any atom is -0.313 e. The number of nitrogens with zero attached hydrogens (tertiary/aromatic N) is 3. The van der Waals surface area contributed by atoms with Gasteiger partial charge in [-0.25, -0.2) is 4.98 Å². The van der Waals surface area contributed by atoms with Crippen LogP contribution in [0.4, 0.5) is 10.8 Å². The first-order valence-corrected chi connectivity index (χ1v) is 9.64. The van der Waals surface area contributed by atoms with Crippen LogP contribution in [0.25, 0.3) is 10.2 Å². The van der Waals surface area contributed by atoms with Crippen molar-refractivity contribution < 1.29 is 0 Å². The summed E-state index contributed by atoms with van der Waals surface area (Å²) in [4.78, 5) is 23.9. The molecule has 0 radical (unpaired) electrons. The van der Waals surface area contributed by atoms with Crippen molar-refractivity contribution >= 4 is 48.3 Å². The summed E-state index contributed by atoms with van der Waals surface area (Å²) < 4.78 is 1.00. The molecule has 2 aromatic heterocycles. The van der Waals surface area contributed by atoms with Gasteiger partial charge in [0.15, 0.2) is 5.13 Å². The SMILES string of the molecule is O=c1nc(N(Cc2ccccc2)c2ccc(Br)cc2)sc2ncccc12. The van der Waals surface area contributed by atoms with Crippen LogP contribution < -0.4 is 10.5 Å². The highest BCUT2D eigenvalue weighted by atomic mass is 79.9. The topological polar surface area (TPSA) is 46.1 Å². The van der Waals surface area contributed by atoms with Gasteiger partial charge in [0.1, 0.15) is 4.83 Å². The van der Waals surface area contributed by atoms with Crippen LogP contribution in [-0.2, 0) is 6.54 Å². The number of halogens is 1. The monoisotopic (exact) mass is 423 g/mol. The van der Waals surface area contributed by atoms with Crippen LogP contribution in [0.5, 0.6) is 0 Å². The van der Waals surface area contributed by atoms with Crippen LogP contribution in [0.2, 0.25) is 0 Å². The van der Waals surface area contributed by atoms with Crippen molar-refractivity contribution in [2.45, 2.75) is 6.54 Å². The molecule has 0 N–H and O–H groups in total. The smallest absolute Gasteiger partial charge is 0.282 e. The van der Waals surface area contributed by atoms with Crippen LogP contribution >= 0.6 is 27.3 Å². The summed E-state index contributed by atoms with van der Waals surface area (Å²) in [5, 5.41) is 1.18. The van der Waals surface area contributed by atoms with Gasteiger partial charge in [0.05, 0.1) is 11.9 Å². The maximum atomic E-state index is 12.5. The standard InChI is InChI=1S/C20H14BrN3OS/c21-15-8-10-16(11-9-15)24(13-14-5-2-1-3-6-14)20-23-18(25)17-7-4-12-22-19(17)26-20/h1-12H,13H2. The average Bonchev–Trinajstić information content (AvgIpc) is 2.68. The maximum absolute atomic E-state index is 12.5. The predicted molar refractivity (Wildman–Crippen MR) is 110 cm³/mol. The second kappa shape index (κ2) is 7.35. The molecule has 4 aromatic rings. The first kappa shape index (κ1) is 16.9. The summed E-state index contributed by atoms with van der Waals surface area (Å²) in [6.45, 7) is 0.615. The molecular formula is C20H14BrN3OS. The second-order valence-corrected chi connectivity index (χ2v) is 7.58. The van der Waals surface area contributed by atoms with Gasteiger partial charge in [0.25, 0.3) is 5.56 Å². The number of pyridine rings is 1. The zero-order valence-corrected chi connectivity index (χ0v) is 16.1. The maximum Gasteiger partial charge on any atom is 0.282 e. The minimum atomic E-state index is -0.253. The van der Waals surface area contributed by atoms with Crippen molar-refractivity contribution in [1.29, 1.82) is 0 Å². The Bertz CT molecular complexity index is 1100. The number of aromatic nitrogens is 2. The average molecular weight is 424 g/mol.